The van der Waals surface area contributed by atoms with Crippen molar-refractivity contribution >= 4 is 17.3 Å². The number of carbonyl (C=O) groups is 3. The van der Waals surface area contributed by atoms with Gasteiger partial charge in [-0.1, -0.05) is 0 Å². The predicted octanol–water partition coefficient (Wildman–Crippen LogP) is 1.15. The first kappa shape index (κ1) is 8.62. The van der Waals surface area contributed by atoms with Gasteiger partial charge < -0.3 is 4.98 Å². The van der Waals surface area contributed by atoms with Crippen LogP contribution in [0, 0.1) is 0 Å². The molecule has 0 amide bonds. The van der Waals surface area contributed by atoms with E-state index in [2.05, 4.69) is 4.98 Å². The number of hydrogen-bond acceptors (Lipinski definition) is 3. The average molecular weight is 189 g/mol. The molecule has 1 heterocycles. The van der Waals surface area contributed by atoms with Crippen LogP contribution in [0.15, 0.2) is 18.2 Å². The Bertz CT molecular complexity index is 444. The molecule has 1 aliphatic carbocycles. The minimum atomic E-state index is -0.271. The van der Waals surface area contributed by atoms with Crippen LogP contribution in [0.5, 0.6) is 0 Å². The van der Waals surface area contributed by atoms with Gasteiger partial charge in [-0.25, -0.2) is 0 Å². The number of H-pyrrole nitrogens is 1. The third-order valence-electron chi connectivity index (χ3n) is 2.09. The number of nitrogens with one attached hydrogen (secondary N) is 1. The Kier molecular flexibility index (Phi) is 1.70. The molecule has 0 atom stereocenters. The first-order valence-corrected chi connectivity index (χ1v) is 4.10. The standard InChI is InChI=1S/C10H7NO3/c1-5(12)7-4-6-8(13)2-3-9(14)10(6)11-7/h2-4,11H,1H3. The van der Waals surface area contributed by atoms with E-state index in [1.807, 2.05) is 0 Å². The third kappa shape index (κ3) is 1.12. The lowest BCUT2D eigenvalue weighted by molar-refractivity contribution is 0.0991. The van der Waals surface area contributed by atoms with Gasteiger partial charge in [0.15, 0.2) is 11.6 Å². The van der Waals surface area contributed by atoms with Crippen molar-refractivity contribution in [2.24, 2.45) is 0 Å². The van der Waals surface area contributed by atoms with Crippen LogP contribution >= 0.6 is 0 Å². The molecule has 1 aromatic rings. The number of ketones is 3. The molecule has 70 valence electrons. The molecule has 1 aliphatic rings. The zero-order chi connectivity index (χ0) is 10.3. The Morgan fingerprint density at radius 2 is 1.86 bits per heavy atom. The van der Waals surface area contributed by atoms with E-state index in [1.54, 1.807) is 0 Å². The molecule has 0 saturated carbocycles. The number of Topliss-reactive ketones (excluding diaryl/α,β-unsaturated/α-hetero) is 1. The van der Waals surface area contributed by atoms with Crippen LogP contribution in [0.4, 0.5) is 0 Å². The zero-order valence-electron chi connectivity index (χ0n) is 7.46. The van der Waals surface area contributed by atoms with Gasteiger partial charge in [0.05, 0.1) is 17.0 Å². The van der Waals surface area contributed by atoms with E-state index >= 15 is 0 Å². The van der Waals surface area contributed by atoms with E-state index in [-0.39, 0.29) is 28.6 Å². The van der Waals surface area contributed by atoms with Crippen LogP contribution in [0.1, 0.15) is 38.3 Å². The van der Waals surface area contributed by atoms with Crippen LogP contribution in [0.3, 0.4) is 0 Å². The number of carbonyl (C=O) groups excluding carboxylic acids is 3. The lowest BCUT2D eigenvalue weighted by atomic mass is 10.0. The number of hydrogen-bond donors (Lipinski definition) is 1. The van der Waals surface area contributed by atoms with Gasteiger partial charge in [-0.2, -0.15) is 0 Å². The van der Waals surface area contributed by atoms with Gasteiger partial charge in [-0.05, 0) is 18.2 Å². The second-order valence-corrected chi connectivity index (χ2v) is 3.09. The minimum Gasteiger partial charge on any atom is -0.349 e. The van der Waals surface area contributed by atoms with Gasteiger partial charge >= 0.3 is 0 Å². The Labute approximate surface area is 79.6 Å². The number of aromatic nitrogens is 1. The summed E-state index contributed by atoms with van der Waals surface area (Å²) in [6, 6.07) is 1.42. The predicted molar refractivity (Wildman–Crippen MR) is 48.6 cm³/mol. The summed E-state index contributed by atoms with van der Waals surface area (Å²) in [4.78, 5) is 36.2. The Balaban J connectivity index is 2.61. The Morgan fingerprint density at radius 3 is 2.43 bits per heavy atom. The largest absolute Gasteiger partial charge is 0.349 e. The van der Waals surface area contributed by atoms with Crippen molar-refractivity contribution in [3.8, 4) is 0 Å². The van der Waals surface area contributed by atoms with Crippen molar-refractivity contribution in [1.82, 2.24) is 4.98 Å². The summed E-state index contributed by atoms with van der Waals surface area (Å²) in [6.07, 6.45) is 2.41. The maximum absolute atomic E-state index is 11.3. The molecule has 4 heteroatoms. The van der Waals surface area contributed by atoms with Gasteiger partial charge in [0.1, 0.15) is 0 Å². The topological polar surface area (TPSA) is 67.0 Å². The lowest BCUT2D eigenvalue weighted by Crippen LogP contribution is -2.09. The quantitative estimate of drug-likeness (QED) is 0.674. The molecule has 1 N–H and O–H groups in total. The van der Waals surface area contributed by atoms with Gasteiger partial charge in [-0.3, -0.25) is 14.4 Å². The molecule has 14 heavy (non-hydrogen) atoms. The van der Waals surface area contributed by atoms with Crippen molar-refractivity contribution in [1.29, 1.82) is 0 Å². The molecule has 0 unspecified atom stereocenters. The summed E-state index contributed by atoms with van der Waals surface area (Å²) in [5.41, 5.74) is 0.783. The number of aromatic amines is 1. The fourth-order valence-corrected chi connectivity index (χ4v) is 1.36. The molecule has 1 aromatic heterocycles. The number of allylic oxidation sites excluding steroid dienone is 2. The Hall–Kier alpha value is -1.97. The smallest absolute Gasteiger partial charge is 0.202 e. The molecule has 0 saturated heterocycles. The molecular formula is C10H7NO3. The first-order valence-electron chi connectivity index (χ1n) is 4.10. The van der Waals surface area contributed by atoms with Crippen LogP contribution in [-0.2, 0) is 0 Å². The number of fused-ring (bicyclic) bond motifs is 1. The van der Waals surface area contributed by atoms with E-state index in [1.165, 1.54) is 25.1 Å². The summed E-state index contributed by atoms with van der Waals surface area (Å²) in [7, 11) is 0. The monoisotopic (exact) mass is 189 g/mol. The summed E-state index contributed by atoms with van der Waals surface area (Å²) in [5.74, 6) is -0.713. The van der Waals surface area contributed by atoms with E-state index in [0.29, 0.717) is 5.69 Å². The molecule has 2 rings (SSSR count). The fourth-order valence-electron chi connectivity index (χ4n) is 1.36. The van der Waals surface area contributed by atoms with Crippen LogP contribution < -0.4 is 0 Å². The van der Waals surface area contributed by atoms with Gasteiger partial charge in [0.25, 0.3) is 0 Å². The molecule has 0 fully saturated rings. The van der Waals surface area contributed by atoms with Crippen LogP contribution in [0.2, 0.25) is 0 Å². The van der Waals surface area contributed by atoms with Crippen molar-refractivity contribution < 1.29 is 14.4 Å². The highest BCUT2D eigenvalue weighted by atomic mass is 16.1. The highest BCUT2D eigenvalue weighted by Crippen LogP contribution is 2.17. The fraction of sp³-hybridized carbons (Fsp3) is 0.100. The maximum Gasteiger partial charge on any atom is 0.202 e. The first-order chi connectivity index (χ1) is 6.59. The molecular weight excluding hydrogens is 182 g/mol. The molecule has 0 aliphatic heterocycles. The molecule has 0 radical (unpaired) electrons. The minimum absolute atomic E-state index is 0.194. The van der Waals surface area contributed by atoms with Gasteiger partial charge in [0.2, 0.25) is 5.78 Å². The highest BCUT2D eigenvalue weighted by Gasteiger charge is 2.22. The van der Waals surface area contributed by atoms with Crippen molar-refractivity contribution in [2.75, 3.05) is 0 Å². The summed E-state index contributed by atoms with van der Waals surface area (Å²) in [5, 5.41) is 0. The highest BCUT2D eigenvalue weighted by molar-refractivity contribution is 6.22. The van der Waals surface area contributed by atoms with Crippen LogP contribution in [-0.4, -0.2) is 22.3 Å². The van der Waals surface area contributed by atoms with E-state index in [9.17, 15) is 14.4 Å². The maximum atomic E-state index is 11.3. The summed E-state index contributed by atoms with van der Waals surface area (Å²) in [6.45, 7) is 1.37. The average Bonchev–Trinajstić information content (AvgIpc) is 2.57. The second-order valence-electron chi connectivity index (χ2n) is 3.09. The third-order valence-corrected chi connectivity index (χ3v) is 2.09. The lowest BCUT2D eigenvalue weighted by Gasteiger charge is -2.00. The van der Waals surface area contributed by atoms with Gasteiger partial charge in [-0.15, -0.1) is 0 Å². The second kappa shape index (κ2) is 2.77. The number of rotatable bonds is 1. The van der Waals surface area contributed by atoms with Gasteiger partial charge in [0, 0.05) is 6.92 Å². The SMILES string of the molecule is CC(=O)c1cc2c([nH]1)C(=O)C=CC2=O. The van der Waals surface area contributed by atoms with Crippen molar-refractivity contribution in [2.45, 2.75) is 6.92 Å². The summed E-state index contributed by atoms with van der Waals surface area (Å²) >= 11 is 0. The van der Waals surface area contributed by atoms with Crippen molar-refractivity contribution in [3.05, 3.63) is 35.2 Å². The van der Waals surface area contributed by atoms with Crippen molar-refractivity contribution in [3.63, 3.8) is 0 Å². The Morgan fingerprint density at radius 1 is 1.21 bits per heavy atom. The molecule has 0 bridgehead atoms. The van der Waals surface area contributed by atoms with E-state index < -0.39 is 0 Å². The zero-order valence-corrected chi connectivity index (χ0v) is 7.46. The molecule has 0 aromatic carbocycles. The molecule has 4 nitrogen and oxygen atoms in total. The van der Waals surface area contributed by atoms with Crippen LogP contribution in [0.25, 0.3) is 0 Å². The van der Waals surface area contributed by atoms with E-state index in [0.717, 1.165) is 0 Å². The summed E-state index contributed by atoms with van der Waals surface area (Å²) < 4.78 is 0. The normalized spacial score (nSPS) is 14.4. The molecule has 0 spiro atoms. The van der Waals surface area contributed by atoms with E-state index in [4.69, 9.17) is 0 Å².